The normalized spacial score (nSPS) is 18.5. The van der Waals surface area contributed by atoms with Crippen LogP contribution in [0, 0.1) is 18.3 Å². The lowest BCUT2D eigenvalue weighted by Gasteiger charge is -2.26. The first-order valence-corrected chi connectivity index (χ1v) is 7.47. The monoisotopic (exact) mass is 301 g/mol. The average Bonchev–Trinajstić information content (AvgIpc) is 3.08. The van der Waals surface area contributed by atoms with Crippen LogP contribution in [0.3, 0.4) is 0 Å². The van der Waals surface area contributed by atoms with E-state index in [0.717, 1.165) is 26.1 Å². The van der Waals surface area contributed by atoms with Crippen molar-refractivity contribution < 1.29 is 4.79 Å². The van der Waals surface area contributed by atoms with Crippen molar-refractivity contribution in [2.45, 2.75) is 31.5 Å². The summed E-state index contributed by atoms with van der Waals surface area (Å²) in [6, 6.07) is 0. The van der Waals surface area contributed by atoms with Crippen LogP contribution in [0.15, 0.2) is 16.4 Å². The number of nitrogens with one attached hydrogen (secondary N) is 2. The van der Waals surface area contributed by atoms with Crippen LogP contribution in [-0.4, -0.2) is 46.2 Å². The summed E-state index contributed by atoms with van der Waals surface area (Å²) < 4.78 is 1.72. The molecule has 0 bridgehead atoms. The zero-order valence-electron chi connectivity index (χ0n) is 12.3. The van der Waals surface area contributed by atoms with Gasteiger partial charge >= 0.3 is 0 Å². The van der Waals surface area contributed by atoms with E-state index in [1.807, 2.05) is 0 Å². The largest absolute Gasteiger partial charge is 0.350 e. The zero-order chi connectivity index (χ0) is 15.4. The molecule has 1 aromatic rings. The van der Waals surface area contributed by atoms with Crippen LogP contribution in [0.4, 0.5) is 0 Å². The van der Waals surface area contributed by atoms with E-state index in [2.05, 4.69) is 37.1 Å². The summed E-state index contributed by atoms with van der Waals surface area (Å²) in [5.41, 5.74) is -0.0243. The van der Waals surface area contributed by atoms with Crippen LogP contribution in [-0.2, 0) is 6.54 Å². The second kappa shape index (κ2) is 6.23. The van der Waals surface area contributed by atoms with Crippen molar-refractivity contribution in [3.05, 3.63) is 11.9 Å². The number of hydrogen-bond acceptors (Lipinski definition) is 6. The molecule has 3 heterocycles. The van der Waals surface area contributed by atoms with Gasteiger partial charge in [0.05, 0.1) is 6.20 Å². The van der Waals surface area contributed by atoms with E-state index >= 15 is 0 Å². The first-order valence-electron chi connectivity index (χ1n) is 7.47. The summed E-state index contributed by atoms with van der Waals surface area (Å²) in [6.45, 7) is 3.28. The summed E-state index contributed by atoms with van der Waals surface area (Å²) in [4.78, 5) is 12.0. The van der Waals surface area contributed by atoms with Crippen molar-refractivity contribution >= 4 is 5.91 Å². The zero-order valence-corrected chi connectivity index (χ0v) is 12.3. The van der Waals surface area contributed by atoms with Crippen LogP contribution >= 0.6 is 0 Å². The molecule has 0 radical (unpaired) electrons. The Bertz CT molecular complexity index is 605. The molecule has 2 N–H and O–H groups in total. The maximum absolute atomic E-state index is 12.0. The van der Waals surface area contributed by atoms with Crippen LogP contribution in [0.1, 0.15) is 29.8 Å². The lowest BCUT2D eigenvalue weighted by molar-refractivity contribution is 0.0947. The molecule has 1 amide bonds. The standard InChI is InChI=1S/C14H19N7O/c1-2-3-4-14(18-19-14)5-6-16-13(22)12-10-21(20-17-12)9-11-7-15-8-11/h1,10-11,15H,3-9H2,(H,16,22). The van der Waals surface area contributed by atoms with E-state index < -0.39 is 0 Å². The molecule has 8 heteroatoms. The smallest absolute Gasteiger partial charge is 0.273 e. The van der Waals surface area contributed by atoms with Crippen molar-refractivity contribution in [2.24, 2.45) is 16.1 Å². The van der Waals surface area contributed by atoms with Crippen LogP contribution in [0.2, 0.25) is 0 Å². The van der Waals surface area contributed by atoms with E-state index in [1.165, 1.54) is 0 Å². The van der Waals surface area contributed by atoms with Gasteiger partial charge in [0.2, 0.25) is 0 Å². The SMILES string of the molecule is C#CCCC1(CCNC(=O)c2cn(CC3CNC3)nn2)N=N1. The Hall–Kier alpha value is -2.27. The summed E-state index contributed by atoms with van der Waals surface area (Å²) >= 11 is 0. The maximum Gasteiger partial charge on any atom is 0.273 e. The minimum atomic E-state index is -0.367. The van der Waals surface area contributed by atoms with E-state index in [1.54, 1.807) is 10.9 Å². The van der Waals surface area contributed by atoms with Crippen LogP contribution < -0.4 is 10.6 Å². The molecule has 2 aliphatic heterocycles. The molecule has 1 aromatic heterocycles. The van der Waals surface area contributed by atoms with Gasteiger partial charge in [-0.05, 0) is 0 Å². The van der Waals surface area contributed by atoms with Gasteiger partial charge in [0.15, 0.2) is 11.4 Å². The third-order valence-electron chi connectivity index (χ3n) is 3.95. The van der Waals surface area contributed by atoms with Gasteiger partial charge in [-0.3, -0.25) is 9.48 Å². The molecule has 3 rings (SSSR count). The molecule has 0 saturated carbocycles. The predicted molar refractivity (Wildman–Crippen MR) is 79.0 cm³/mol. The third kappa shape index (κ3) is 3.49. The van der Waals surface area contributed by atoms with E-state index in [0.29, 0.717) is 31.0 Å². The van der Waals surface area contributed by atoms with Gasteiger partial charge in [0.25, 0.3) is 5.91 Å². The van der Waals surface area contributed by atoms with Gasteiger partial charge < -0.3 is 10.6 Å². The van der Waals surface area contributed by atoms with Gasteiger partial charge in [0.1, 0.15) is 0 Å². The Labute approximate surface area is 128 Å². The molecule has 0 atom stereocenters. The lowest BCUT2D eigenvalue weighted by atomic mass is 10.0. The quantitative estimate of drug-likeness (QED) is 0.670. The number of amides is 1. The molecule has 2 aliphatic rings. The minimum absolute atomic E-state index is 0.217. The van der Waals surface area contributed by atoms with Crippen molar-refractivity contribution in [2.75, 3.05) is 19.6 Å². The fourth-order valence-electron chi connectivity index (χ4n) is 2.37. The first kappa shape index (κ1) is 14.7. The summed E-state index contributed by atoms with van der Waals surface area (Å²) in [5, 5.41) is 22.0. The molecule has 116 valence electrons. The number of rotatable bonds is 8. The fraction of sp³-hybridized carbons (Fsp3) is 0.643. The number of terminal acetylenes is 1. The Morgan fingerprint density at radius 2 is 2.32 bits per heavy atom. The molecule has 8 nitrogen and oxygen atoms in total. The van der Waals surface area contributed by atoms with Crippen molar-refractivity contribution in [1.29, 1.82) is 0 Å². The Kier molecular flexibility index (Phi) is 4.15. The third-order valence-corrected chi connectivity index (χ3v) is 3.95. The number of carbonyl (C=O) groups is 1. The fourth-order valence-corrected chi connectivity index (χ4v) is 2.37. The van der Waals surface area contributed by atoms with Crippen molar-refractivity contribution in [3.63, 3.8) is 0 Å². The Morgan fingerprint density at radius 3 is 2.95 bits per heavy atom. The topological polar surface area (TPSA) is 96.6 Å². The van der Waals surface area contributed by atoms with Gasteiger partial charge in [-0.1, -0.05) is 5.21 Å². The highest BCUT2D eigenvalue weighted by atomic mass is 16.2. The molecule has 0 spiro atoms. The summed E-state index contributed by atoms with van der Waals surface area (Å²) in [6.07, 6.45) is 8.99. The van der Waals surface area contributed by atoms with E-state index in [-0.39, 0.29) is 11.6 Å². The van der Waals surface area contributed by atoms with E-state index in [9.17, 15) is 4.79 Å². The number of carbonyl (C=O) groups excluding carboxylic acids is 1. The van der Waals surface area contributed by atoms with Crippen molar-refractivity contribution in [3.8, 4) is 12.3 Å². The molecule has 0 aromatic carbocycles. The van der Waals surface area contributed by atoms with Crippen molar-refractivity contribution in [1.82, 2.24) is 25.6 Å². The summed E-state index contributed by atoms with van der Waals surface area (Å²) in [5.74, 6) is 2.94. The highest BCUT2D eigenvalue weighted by Gasteiger charge is 2.38. The lowest BCUT2D eigenvalue weighted by Crippen LogP contribution is -2.44. The van der Waals surface area contributed by atoms with E-state index in [4.69, 9.17) is 6.42 Å². The molecular weight excluding hydrogens is 282 g/mol. The number of nitrogens with zero attached hydrogens (tertiary/aromatic N) is 5. The second-order valence-corrected chi connectivity index (χ2v) is 5.74. The molecule has 0 unspecified atom stereocenters. The Balaban J connectivity index is 1.41. The minimum Gasteiger partial charge on any atom is -0.350 e. The summed E-state index contributed by atoms with van der Waals surface area (Å²) in [7, 11) is 0. The number of aromatic nitrogens is 3. The number of hydrogen-bond donors (Lipinski definition) is 2. The highest BCUT2D eigenvalue weighted by molar-refractivity contribution is 5.91. The van der Waals surface area contributed by atoms with Gasteiger partial charge in [-0.2, -0.15) is 10.2 Å². The molecule has 22 heavy (non-hydrogen) atoms. The maximum atomic E-state index is 12.0. The Morgan fingerprint density at radius 1 is 1.50 bits per heavy atom. The van der Waals surface area contributed by atoms with Crippen LogP contribution in [0.5, 0.6) is 0 Å². The van der Waals surface area contributed by atoms with Gasteiger partial charge in [-0.15, -0.1) is 17.4 Å². The first-order chi connectivity index (χ1) is 10.7. The average molecular weight is 301 g/mol. The molecule has 0 aliphatic carbocycles. The van der Waals surface area contributed by atoms with Gasteiger partial charge in [0, 0.05) is 51.4 Å². The van der Waals surface area contributed by atoms with Crippen LogP contribution in [0.25, 0.3) is 0 Å². The van der Waals surface area contributed by atoms with Gasteiger partial charge in [-0.25, -0.2) is 0 Å². The highest BCUT2D eigenvalue weighted by Crippen LogP contribution is 2.35. The predicted octanol–water partition coefficient (Wildman–Crippen LogP) is 0.193. The molecular formula is C14H19N7O. The molecule has 1 saturated heterocycles. The second-order valence-electron chi connectivity index (χ2n) is 5.74. The molecule has 1 fully saturated rings.